The van der Waals surface area contributed by atoms with Crippen LogP contribution in [0, 0.1) is 5.92 Å². The quantitative estimate of drug-likeness (QED) is 0.846. The lowest BCUT2D eigenvalue weighted by molar-refractivity contribution is 0.270. The van der Waals surface area contributed by atoms with Gasteiger partial charge in [-0.2, -0.15) is 0 Å². The van der Waals surface area contributed by atoms with E-state index < -0.39 is 0 Å². The molecular weight excluding hydrogens is 198 g/mol. The maximum atomic E-state index is 4.40. The van der Waals surface area contributed by atoms with Crippen molar-refractivity contribution >= 4 is 0 Å². The predicted molar refractivity (Wildman–Crippen MR) is 65.0 cm³/mol. The van der Waals surface area contributed by atoms with Crippen molar-refractivity contribution in [1.29, 1.82) is 0 Å². The highest BCUT2D eigenvalue weighted by atomic mass is 15.0. The normalized spacial score (nSPS) is 19.6. The molecule has 1 aromatic rings. The molecule has 0 radical (unpaired) electrons. The van der Waals surface area contributed by atoms with E-state index in [0.29, 0.717) is 6.04 Å². The lowest BCUT2D eigenvalue weighted by Crippen LogP contribution is -2.30. The summed E-state index contributed by atoms with van der Waals surface area (Å²) in [5.41, 5.74) is 1.16. The Bertz CT molecular complexity index is 293. The van der Waals surface area contributed by atoms with E-state index in [9.17, 15) is 0 Å². The number of hydrogen-bond acceptors (Lipinski definition) is 3. The molecule has 1 heterocycles. The van der Waals surface area contributed by atoms with E-state index >= 15 is 0 Å². The number of hydrogen-bond donors (Lipinski definition) is 1. The smallest absolute Gasteiger partial charge is 0.115 e. The molecule has 1 aromatic heterocycles. The molecule has 2 rings (SSSR count). The Balaban J connectivity index is 2.09. The molecule has 1 aliphatic rings. The van der Waals surface area contributed by atoms with E-state index in [1.165, 1.54) is 32.1 Å². The summed E-state index contributed by atoms with van der Waals surface area (Å²) in [5.74, 6) is 0.753. The third-order valence-corrected chi connectivity index (χ3v) is 3.47. The molecule has 1 saturated carbocycles. The number of rotatable bonds is 4. The van der Waals surface area contributed by atoms with Gasteiger partial charge in [-0.15, -0.1) is 0 Å². The summed E-state index contributed by atoms with van der Waals surface area (Å²) in [5, 5.41) is 3.58. The van der Waals surface area contributed by atoms with Gasteiger partial charge in [0.05, 0.1) is 11.7 Å². The molecule has 1 fully saturated rings. The van der Waals surface area contributed by atoms with Crippen molar-refractivity contribution in [3.05, 3.63) is 24.3 Å². The summed E-state index contributed by atoms with van der Waals surface area (Å²) in [6.45, 7) is 3.17. The zero-order valence-electron chi connectivity index (χ0n) is 10.0. The SMILES string of the molecule is CCNC(c1ccncn1)C1CCCCC1. The van der Waals surface area contributed by atoms with E-state index in [2.05, 4.69) is 22.2 Å². The van der Waals surface area contributed by atoms with Crippen LogP contribution in [-0.2, 0) is 0 Å². The van der Waals surface area contributed by atoms with Crippen molar-refractivity contribution in [1.82, 2.24) is 15.3 Å². The summed E-state index contributed by atoms with van der Waals surface area (Å²) >= 11 is 0. The standard InChI is InChI=1S/C13H21N3/c1-2-15-13(11-6-4-3-5-7-11)12-8-9-14-10-16-12/h8-11,13,15H,2-7H2,1H3. The van der Waals surface area contributed by atoms with Crippen molar-refractivity contribution in [2.45, 2.75) is 45.1 Å². The molecule has 0 aliphatic heterocycles. The van der Waals surface area contributed by atoms with Gasteiger partial charge in [-0.25, -0.2) is 9.97 Å². The van der Waals surface area contributed by atoms with Crippen LogP contribution in [0.15, 0.2) is 18.6 Å². The molecule has 0 spiro atoms. The summed E-state index contributed by atoms with van der Waals surface area (Å²) in [7, 11) is 0. The van der Waals surface area contributed by atoms with Crippen LogP contribution in [0.25, 0.3) is 0 Å². The molecule has 88 valence electrons. The van der Waals surface area contributed by atoms with Gasteiger partial charge in [0.2, 0.25) is 0 Å². The van der Waals surface area contributed by atoms with E-state index in [0.717, 1.165) is 18.2 Å². The molecule has 1 atom stereocenters. The molecule has 1 aliphatic carbocycles. The Morgan fingerprint density at radius 2 is 2.19 bits per heavy atom. The van der Waals surface area contributed by atoms with E-state index in [1.54, 1.807) is 6.33 Å². The fourth-order valence-electron chi connectivity index (χ4n) is 2.69. The lowest BCUT2D eigenvalue weighted by Gasteiger charge is -2.30. The van der Waals surface area contributed by atoms with Crippen molar-refractivity contribution in [3.63, 3.8) is 0 Å². The van der Waals surface area contributed by atoms with Crippen LogP contribution in [0.1, 0.15) is 50.8 Å². The maximum absolute atomic E-state index is 4.40. The minimum atomic E-state index is 0.424. The van der Waals surface area contributed by atoms with E-state index in [-0.39, 0.29) is 0 Å². The molecule has 0 aromatic carbocycles. The van der Waals surface area contributed by atoms with Crippen LogP contribution in [-0.4, -0.2) is 16.5 Å². The lowest BCUT2D eigenvalue weighted by atomic mass is 9.82. The molecule has 16 heavy (non-hydrogen) atoms. The summed E-state index contributed by atoms with van der Waals surface area (Å²) in [6.07, 6.45) is 10.3. The number of nitrogens with zero attached hydrogens (tertiary/aromatic N) is 2. The second kappa shape index (κ2) is 5.94. The van der Waals surface area contributed by atoms with Crippen LogP contribution >= 0.6 is 0 Å². The van der Waals surface area contributed by atoms with Crippen LogP contribution in [0.3, 0.4) is 0 Å². The first-order valence-electron chi connectivity index (χ1n) is 6.41. The first kappa shape index (κ1) is 11.5. The summed E-state index contributed by atoms with van der Waals surface area (Å²) < 4.78 is 0. The second-order valence-electron chi connectivity index (χ2n) is 4.57. The molecule has 1 unspecified atom stereocenters. The van der Waals surface area contributed by atoms with Gasteiger partial charge in [0.1, 0.15) is 6.33 Å². The highest BCUT2D eigenvalue weighted by Crippen LogP contribution is 2.33. The van der Waals surface area contributed by atoms with Crippen LogP contribution in [0.4, 0.5) is 0 Å². The van der Waals surface area contributed by atoms with Gasteiger partial charge in [-0.05, 0) is 31.4 Å². The van der Waals surface area contributed by atoms with Gasteiger partial charge in [-0.3, -0.25) is 0 Å². The van der Waals surface area contributed by atoms with Crippen molar-refractivity contribution in [2.75, 3.05) is 6.54 Å². The number of nitrogens with one attached hydrogen (secondary N) is 1. The van der Waals surface area contributed by atoms with Crippen LogP contribution < -0.4 is 5.32 Å². The Labute approximate surface area is 97.7 Å². The predicted octanol–water partition coefficient (Wildman–Crippen LogP) is 2.71. The Kier molecular flexibility index (Phi) is 4.28. The van der Waals surface area contributed by atoms with Crippen molar-refractivity contribution in [2.24, 2.45) is 5.92 Å². The molecule has 3 heteroatoms. The highest BCUT2D eigenvalue weighted by molar-refractivity contribution is 5.06. The third-order valence-electron chi connectivity index (χ3n) is 3.47. The Morgan fingerprint density at radius 3 is 2.81 bits per heavy atom. The van der Waals surface area contributed by atoms with Gasteiger partial charge in [0.25, 0.3) is 0 Å². The first-order valence-corrected chi connectivity index (χ1v) is 6.41. The average molecular weight is 219 g/mol. The largest absolute Gasteiger partial charge is 0.309 e. The van der Waals surface area contributed by atoms with Gasteiger partial charge >= 0.3 is 0 Å². The molecule has 1 N–H and O–H groups in total. The fourth-order valence-corrected chi connectivity index (χ4v) is 2.69. The molecule has 0 bridgehead atoms. The van der Waals surface area contributed by atoms with Gasteiger partial charge < -0.3 is 5.32 Å². The van der Waals surface area contributed by atoms with E-state index in [4.69, 9.17) is 0 Å². The highest BCUT2D eigenvalue weighted by Gasteiger charge is 2.24. The molecular formula is C13H21N3. The first-order chi connectivity index (χ1) is 7.92. The monoisotopic (exact) mass is 219 g/mol. The maximum Gasteiger partial charge on any atom is 0.115 e. The van der Waals surface area contributed by atoms with Gasteiger partial charge in [0.15, 0.2) is 0 Å². The average Bonchev–Trinajstić information content (AvgIpc) is 2.38. The van der Waals surface area contributed by atoms with Gasteiger partial charge in [-0.1, -0.05) is 26.2 Å². The fraction of sp³-hybridized carbons (Fsp3) is 0.692. The Hall–Kier alpha value is -0.960. The van der Waals surface area contributed by atoms with Crippen LogP contribution in [0.2, 0.25) is 0 Å². The summed E-state index contributed by atoms with van der Waals surface area (Å²) in [4.78, 5) is 8.39. The van der Waals surface area contributed by atoms with Crippen molar-refractivity contribution in [3.8, 4) is 0 Å². The third kappa shape index (κ3) is 2.79. The zero-order valence-corrected chi connectivity index (χ0v) is 10.0. The molecule has 0 amide bonds. The molecule has 3 nitrogen and oxygen atoms in total. The minimum Gasteiger partial charge on any atom is -0.309 e. The second-order valence-corrected chi connectivity index (χ2v) is 4.57. The zero-order chi connectivity index (χ0) is 11.2. The summed E-state index contributed by atoms with van der Waals surface area (Å²) in [6, 6.07) is 2.47. The topological polar surface area (TPSA) is 37.8 Å². The van der Waals surface area contributed by atoms with E-state index in [1.807, 2.05) is 12.3 Å². The minimum absolute atomic E-state index is 0.424. The van der Waals surface area contributed by atoms with Crippen molar-refractivity contribution < 1.29 is 0 Å². The Morgan fingerprint density at radius 1 is 1.38 bits per heavy atom. The van der Waals surface area contributed by atoms with Crippen LogP contribution in [0.5, 0.6) is 0 Å². The number of aromatic nitrogens is 2. The molecule has 0 saturated heterocycles. The van der Waals surface area contributed by atoms with Gasteiger partial charge in [0, 0.05) is 6.20 Å².